The van der Waals surface area contributed by atoms with Crippen LogP contribution in [-0.4, -0.2) is 52.5 Å². The quantitative estimate of drug-likeness (QED) is 0.701. The Bertz CT molecular complexity index is 920. The fourth-order valence-electron chi connectivity index (χ4n) is 3.76. The van der Waals surface area contributed by atoms with E-state index in [4.69, 9.17) is 0 Å². The van der Waals surface area contributed by atoms with Crippen LogP contribution in [0, 0.1) is 0 Å². The van der Waals surface area contributed by atoms with Gasteiger partial charge in [-0.05, 0) is 43.9 Å². The molecule has 3 amide bonds. The van der Waals surface area contributed by atoms with Crippen LogP contribution in [0.5, 0.6) is 0 Å². The van der Waals surface area contributed by atoms with E-state index in [-0.39, 0.29) is 24.3 Å². The number of nitrogens with one attached hydrogen (secondary N) is 3. The van der Waals surface area contributed by atoms with Gasteiger partial charge in [-0.25, -0.2) is 0 Å². The topological polar surface area (TPSA) is 107 Å². The zero-order valence-electron chi connectivity index (χ0n) is 15.6. The van der Waals surface area contributed by atoms with Crippen molar-refractivity contribution in [1.29, 1.82) is 0 Å². The molecule has 146 valence electrons. The van der Waals surface area contributed by atoms with Crippen molar-refractivity contribution in [3.63, 3.8) is 0 Å². The van der Waals surface area contributed by atoms with Gasteiger partial charge >= 0.3 is 0 Å². The van der Waals surface area contributed by atoms with Crippen LogP contribution in [0.1, 0.15) is 51.4 Å². The van der Waals surface area contributed by atoms with Crippen LogP contribution in [0.15, 0.2) is 24.3 Å². The smallest absolute Gasteiger partial charge is 0.276 e. The molecule has 2 aliphatic rings. The average Bonchev–Trinajstić information content (AvgIpc) is 2.96. The zero-order valence-corrected chi connectivity index (χ0v) is 15.6. The summed E-state index contributed by atoms with van der Waals surface area (Å²) in [5, 5.41) is 12.8. The predicted molar refractivity (Wildman–Crippen MR) is 103 cm³/mol. The van der Waals surface area contributed by atoms with E-state index in [1.807, 2.05) is 0 Å². The second-order valence-electron chi connectivity index (χ2n) is 7.20. The molecule has 0 spiro atoms. The number of hydrogen-bond acceptors (Lipinski definition) is 4. The summed E-state index contributed by atoms with van der Waals surface area (Å²) >= 11 is 0. The van der Waals surface area contributed by atoms with Crippen molar-refractivity contribution in [2.75, 3.05) is 25.0 Å². The first-order valence-corrected chi connectivity index (χ1v) is 9.65. The molecule has 0 bridgehead atoms. The van der Waals surface area contributed by atoms with E-state index >= 15 is 0 Å². The maximum Gasteiger partial charge on any atom is 0.276 e. The molecule has 0 saturated carbocycles. The number of anilines is 1. The number of aromatic amines is 1. The van der Waals surface area contributed by atoms with Gasteiger partial charge < -0.3 is 15.5 Å². The van der Waals surface area contributed by atoms with E-state index in [9.17, 15) is 14.4 Å². The summed E-state index contributed by atoms with van der Waals surface area (Å²) in [5.74, 6) is -0.663. The number of rotatable bonds is 3. The maximum atomic E-state index is 12.7. The molecule has 3 N–H and O–H groups in total. The van der Waals surface area contributed by atoms with Gasteiger partial charge in [-0.2, -0.15) is 5.10 Å². The van der Waals surface area contributed by atoms with Crippen molar-refractivity contribution < 1.29 is 14.4 Å². The summed E-state index contributed by atoms with van der Waals surface area (Å²) in [4.78, 5) is 38.4. The number of carbonyl (C=O) groups is 3. The molecule has 1 fully saturated rings. The second kappa shape index (κ2) is 7.84. The SMILES string of the molecule is O=C1CN(C(=O)c2cccc(NC(=O)c3n[nH]c4c3CCCCC4)c2)CCN1. The number of aromatic nitrogens is 2. The third-order valence-corrected chi connectivity index (χ3v) is 5.21. The standard InChI is InChI=1S/C20H23N5O3/c26-17-12-25(10-9-21-17)20(28)13-5-4-6-14(11-13)22-19(27)18-15-7-2-1-3-8-16(15)23-24-18/h4-6,11H,1-3,7-10,12H2,(H,21,26)(H,22,27)(H,23,24). The lowest BCUT2D eigenvalue weighted by molar-refractivity contribution is -0.123. The fourth-order valence-corrected chi connectivity index (χ4v) is 3.76. The van der Waals surface area contributed by atoms with Crippen molar-refractivity contribution in [3.8, 4) is 0 Å². The Kier molecular flexibility index (Phi) is 5.10. The normalized spacial score (nSPS) is 16.7. The van der Waals surface area contributed by atoms with Gasteiger partial charge in [0.05, 0.1) is 6.54 Å². The van der Waals surface area contributed by atoms with Crippen LogP contribution < -0.4 is 10.6 Å². The van der Waals surface area contributed by atoms with Crippen LogP contribution in [0.3, 0.4) is 0 Å². The molecule has 1 aliphatic carbocycles. The lowest BCUT2D eigenvalue weighted by Crippen LogP contribution is -2.49. The first kappa shape index (κ1) is 18.2. The Hall–Kier alpha value is -3.16. The van der Waals surface area contributed by atoms with Crippen LogP contribution in [0.25, 0.3) is 0 Å². The zero-order chi connectivity index (χ0) is 19.5. The molecule has 0 radical (unpaired) electrons. The molecule has 1 aliphatic heterocycles. The minimum atomic E-state index is -0.277. The van der Waals surface area contributed by atoms with Gasteiger partial charge in [0.1, 0.15) is 0 Å². The Balaban J connectivity index is 1.49. The maximum absolute atomic E-state index is 12.7. The second-order valence-corrected chi connectivity index (χ2v) is 7.20. The number of aryl methyl sites for hydroxylation is 1. The first-order valence-electron chi connectivity index (χ1n) is 9.65. The number of amides is 3. The Morgan fingerprint density at radius 2 is 2.00 bits per heavy atom. The minimum Gasteiger partial charge on any atom is -0.353 e. The van der Waals surface area contributed by atoms with Crippen molar-refractivity contribution in [2.24, 2.45) is 0 Å². The van der Waals surface area contributed by atoms with E-state index in [0.717, 1.165) is 43.4 Å². The number of carbonyl (C=O) groups excluding carboxylic acids is 3. The van der Waals surface area contributed by atoms with Gasteiger partial charge in [0.15, 0.2) is 5.69 Å². The van der Waals surface area contributed by atoms with Gasteiger partial charge in [0.25, 0.3) is 11.8 Å². The third kappa shape index (κ3) is 3.76. The number of nitrogens with zero attached hydrogens (tertiary/aromatic N) is 2. The fraction of sp³-hybridized carbons (Fsp3) is 0.400. The summed E-state index contributed by atoms with van der Waals surface area (Å²) in [5.41, 5.74) is 3.45. The summed E-state index contributed by atoms with van der Waals surface area (Å²) in [6.45, 7) is 0.973. The van der Waals surface area contributed by atoms with E-state index in [1.165, 1.54) is 4.90 Å². The Morgan fingerprint density at radius 1 is 1.14 bits per heavy atom. The number of H-pyrrole nitrogens is 1. The van der Waals surface area contributed by atoms with Gasteiger partial charge in [0, 0.05) is 35.6 Å². The molecule has 0 unspecified atom stereocenters. The lowest BCUT2D eigenvalue weighted by Gasteiger charge is -2.26. The molecular weight excluding hydrogens is 358 g/mol. The largest absolute Gasteiger partial charge is 0.353 e. The Labute approximate surface area is 162 Å². The first-order chi connectivity index (χ1) is 13.6. The molecule has 0 atom stereocenters. The van der Waals surface area contributed by atoms with Crippen molar-refractivity contribution in [2.45, 2.75) is 32.1 Å². The molecule has 1 aromatic heterocycles. The lowest BCUT2D eigenvalue weighted by atomic mass is 10.1. The predicted octanol–water partition coefficient (Wildman–Crippen LogP) is 1.50. The Morgan fingerprint density at radius 3 is 2.86 bits per heavy atom. The van der Waals surface area contributed by atoms with Gasteiger partial charge in [-0.15, -0.1) is 0 Å². The van der Waals surface area contributed by atoms with E-state index in [1.54, 1.807) is 24.3 Å². The van der Waals surface area contributed by atoms with Crippen LogP contribution >= 0.6 is 0 Å². The molecule has 1 aromatic carbocycles. The van der Waals surface area contributed by atoms with Gasteiger partial charge in [0.2, 0.25) is 5.91 Å². The number of benzene rings is 1. The number of piperazine rings is 1. The molecule has 8 nitrogen and oxygen atoms in total. The van der Waals surface area contributed by atoms with E-state index < -0.39 is 0 Å². The number of fused-ring (bicyclic) bond motifs is 1. The molecule has 28 heavy (non-hydrogen) atoms. The summed E-state index contributed by atoms with van der Waals surface area (Å²) < 4.78 is 0. The van der Waals surface area contributed by atoms with Gasteiger partial charge in [-0.3, -0.25) is 19.5 Å². The molecule has 4 rings (SSSR count). The van der Waals surface area contributed by atoms with Crippen LogP contribution in [0.2, 0.25) is 0 Å². The van der Waals surface area contributed by atoms with Crippen molar-refractivity contribution in [3.05, 3.63) is 46.8 Å². The summed E-state index contributed by atoms with van der Waals surface area (Å²) in [6.07, 6.45) is 5.09. The highest BCUT2D eigenvalue weighted by Gasteiger charge is 2.23. The minimum absolute atomic E-state index is 0.0504. The van der Waals surface area contributed by atoms with Crippen LogP contribution in [0.4, 0.5) is 5.69 Å². The van der Waals surface area contributed by atoms with E-state index in [0.29, 0.717) is 30.0 Å². The number of hydrogen-bond donors (Lipinski definition) is 3. The van der Waals surface area contributed by atoms with E-state index in [2.05, 4.69) is 20.8 Å². The van der Waals surface area contributed by atoms with Gasteiger partial charge in [-0.1, -0.05) is 12.5 Å². The highest BCUT2D eigenvalue weighted by Crippen LogP contribution is 2.23. The van der Waals surface area contributed by atoms with Crippen molar-refractivity contribution >= 4 is 23.4 Å². The molecule has 8 heteroatoms. The highest BCUT2D eigenvalue weighted by molar-refractivity contribution is 6.05. The average molecular weight is 381 g/mol. The third-order valence-electron chi connectivity index (χ3n) is 5.21. The molecule has 1 saturated heterocycles. The van der Waals surface area contributed by atoms with Crippen molar-refractivity contribution in [1.82, 2.24) is 20.4 Å². The summed E-state index contributed by atoms with van der Waals surface area (Å²) in [6, 6.07) is 6.78. The van der Waals surface area contributed by atoms with Crippen LogP contribution in [-0.2, 0) is 17.6 Å². The monoisotopic (exact) mass is 381 g/mol. The molecular formula is C20H23N5O3. The highest BCUT2D eigenvalue weighted by atomic mass is 16.2. The molecule has 2 heterocycles. The molecule has 2 aromatic rings. The summed E-state index contributed by atoms with van der Waals surface area (Å²) in [7, 11) is 0.